The molecule has 1 fully saturated rings. The lowest BCUT2D eigenvalue weighted by molar-refractivity contribution is -0.124. The second kappa shape index (κ2) is 7.02. The summed E-state index contributed by atoms with van der Waals surface area (Å²) in [6, 6.07) is 6.19. The molecule has 1 aromatic carbocycles. The minimum absolute atomic E-state index is 0.0145. The van der Waals surface area contributed by atoms with Gasteiger partial charge in [0, 0.05) is 11.6 Å². The van der Waals surface area contributed by atoms with Crippen molar-refractivity contribution >= 4 is 46.4 Å². The van der Waals surface area contributed by atoms with Gasteiger partial charge in [-0.3, -0.25) is 14.4 Å². The molecule has 2 aliphatic heterocycles. The third-order valence-corrected chi connectivity index (χ3v) is 4.78. The summed E-state index contributed by atoms with van der Waals surface area (Å²) in [5.74, 6) is -0.255. The van der Waals surface area contributed by atoms with Crippen molar-refractivity contribution in [3.63, 3.8) is 0 Å². The van der Waals surface area contributed by atoms with Crippen molar-refractivity contribution < 1.29 is 19.1 Å². The molecule has 0 saturated heterocycles. The molecule has 8 nitrogen and oxygen atoms in total. The summed E-state index contributed by atoms with van der Waals surface area (Å²) in [4.78, 5) is 39.7. The Balaban J connectivity index is 1.56. The third kappa shape index (κ3) is 3.44. The highest BCUT2D eigenvalue weighted by Crippen LogP contribution is 2.38. The monoisotopic (exact) mass is 396 g/mol. The van der Waals surface area contributed by atoms with Crippen molar-refractivity contribution in [3.05, 3.63) is 34.9 Å². The van der Waals surface area contributed by atoms with E-state index in [1.54, 1.807) is 12.1 Å². The molecule has 140 valence electrons. The molecule has 9 heteroatoms. The quantitative estimate of drug-likeness (QED) is 0.727. The molecule has 0 spiro atoms. The van der Waals surface area contributed by atoms with Gasteiger partial charge in [-0.05, 0) is 37.0 Å². The first kappa shape index (κ1) is 18.1. The number of anilines is 1. The van der Waals surface area contributed by atoms with E-state index in [0.29, 0.717) is 23.3 Å². The number of Topliss-reactive ketones (excluding diaryl/α,β-unsaturated/α-hetero) is 2. The van der Waals surface area contributed by atoms with Gasteiger partial charge >= 0.3 is 0 Å². The molecule has 0 unspecified atom stereocenters. The van der Waals surface area contributed by atoms with Gasteiger partial charge in [0.2, 0.25) is 17.4 Å². The predicted octanol–water partition coefficient (Wildman–Crippen LogP) is 2.22. The van der Waals surface area contributed by atoms with Gasteiger partial charge in [0.05, 0.1) is 17.1 Å². The fourth-order valence-corrected chi connectivity index (χ4v) is 3.13. The number of aliphatic imine (C=N–C) groups is 1. The normalized spacial score (nSPS) is 19.6. The zero-order valence-electron chi connectivity index (χ0n) is 14.5. The van der Waals surface area contributed by atoms with Gasteiger partial charge in [-0.15, -0.1) is 0 Å². The summed E-state index contributed by atoms with van der Waals surface area (Å²) in [5, 5.41) is 13.9. The van der Waals surface area contributed by atoms with Gasteiger partial charge < -0.3 is 4.74 Å². The molecule has 1 aromatic rings. The van der Waals surface area contributed by atoms with E-state index >= 15 is 0 Å². The molecule has 0 radical (unpaired) electrons. The minimum Gasteiger partial charge on any atom is -0.438 e. The standard InChI is InChI=1S/C19H13ClN4O4/c20-13-5-11(24-19(27)7-15(25)14(8-21)23-24)3-4-17(13)28-18-6-12(10-1-2-10)16(26)9-22-18/h3-6,10H,1-2,7,9H2. The van der Waals surface area contributed by atoms with Crippen molar-refractivity contribution in [2.45, 2.75) is 19.3 Å². The highest BCUT2D eigenvalue weighted by atomic mass is 35.5. The number of amides is 1. The maximum Gasteiger partial charge on any atom is 0.255 e. The number of ketones is 2. The Labute approximate surface area is 164 Å². The SMILES string of the molecule is N#CC1=NN(c2ccc(OC3=NCC(=O)C(C4CC4)=C3)c(Cl)c2)C(=O)CC1=O. The van der Waals surface area contributed by atoms with Gasteiger partial charge in [-0.2, -0.15) is 15.4 Å². The second-order valence-electron chi connectivity index (χ2n) is 6.53. The van der Waals surface area contributed by atoms with Crippen LogP contribution in [0.1, 0.15) is 19.3 Å². The Hall–Kier alpha value is -3.31. The maximum absolute atomic E-state index is 12.1. The summed E-state index contributed by atoms with van der Waals surface area (Å²) in [7, 11) is 0. The van der Waals surface area contributed by atoms with Crippen molar-refractivity contribution in [2.75, 3.05) is 11.6 Å². The Kier molecular flexibility index (Phi) is 4.53. The molecule has 3 aliphatic rings. The molecule has 2 heterocycles. The molecule has 1 amide bonds. The van der Waals surface area contributed by atoms with Crippen LogP contribution in [-0.2, 0) is 14.4 Å². The lowest BCUT2D eigenvalue weighted by Gasteiger charge is -2.21. The first-order valence-corrected chi connectivity index (χ1v) is 8.95. The number of nitrogens with zero attached hydrogens (tertiary/aromatic N) is 4. The number of rotatable bonds is 3. The van der Waals surface area contributed by atoms with Gasteiger partial charge in [0.15, 0.2) is 5.78 Å². The number of carbonyl (C=O) groups excluding carboxylic acids is 3. The van der Waals surface area contributed by atoms with Crippen LogP contribution in [0, 0.1) is 17.2 Å². The fourth-order valence-electron chi connectivity index (χ4n) is 2.91. The largest absolute Gasteiger partial charge is 0.438 e. The number of hydrogen-bond acceptors (Lipinski definition) is 7. The molecule has 28 heavy (non-hydrogen) atoms. The minimum atomic E-state index is -0.613. The van der Waals surface area contributed by atoms with Gasteiger partial charge in [0.25, 0.3) is 5.91 Å². The third-order valence-electron chi connectivity index (χ3n) is 4.49. The van der Waals surface area contributed by atoms with Crippen molar-refractivity contribution in [1.29, 1.82) is 5.26 Å². The van der Waals surface area contributed by atoms with Gasteiger partial charge in [0.1, 0.15) is 18.4 Å². The Bertz CT molecular complexity index is 1050. The molecular formula is C19H13ClN4O4. The van der Waals surface area contributed by atoms with Crippen molar-refractivity contribution in [3.8, 4) is 11.8 Å². The van der Waals surface area contributed by atoms with Crippen LogP contribution in [0.15, 0.2) is 39.9 Å². The van der Waals surface area contributed by atoms with E-state index in [9.17, 15) is 14.4 Å². The number of benzene rings is 1. The Morgan fingerprint density at radius 1 is 1.21 bits per heavy atom. The highest BCUT2D eigenvalue weighted by Gasteiger charge is 2.32. The Morgan fingerprint density at radius 3 is 2.68 bits per heavy atom. The number of hydrogen-bond donors (Lipinski definition) is 0. The van der Waals surface area contributed by atoms with E-state index in [-0.39, 0.29) is 23.1 Å². The smallest absolute Gasteiger partial charge is 0.255 e. The van der Waals surface area contributed by atoms with E-state index < -0.39 is 18.1 Å². The van der Waals surface area contributed by atoms with Crippen LogP contribution < -0.4 is 9.75 Å². The first-order chi connectivity index (χ1) is 13.5. The van der Waals surface area contributed by atoms with E-state index in [1.807, 2.05) is 0 Å². The number of carbonyl (C=O) groups is 3. The van der Waals surface area contributed by atoms with Gasteiger partial charge in [-0.1, -0.05) is 11.6 Å². The molecule has 0 aromatic heterocycles. The molecule has 4 rings (SSSR count). The van der Waals surface area contributed by atoms with E-state index in [4.69, 9.17) is 21.6 Å². The Morgan fingerprint density at radius 2 is 2.00 bits per heavy atom. The van der Waals surface area contributed by atoms with Crippen LogP contribution in [-0.4, -0.2) is 35.6 Å². The fraction of sp³-hybridized carbons (Fsp3) is 0.263. The highest BCUT2D eigenvalue weighted by molar-refractivity contribution is 6.50. The van der Waals surface area contributed by atoms with Crippen LogP contribution in [0.4, 0.5) is 5.69 Å². The number of halogens is 1. The second-order valence-corrected chi connectivity index (χ2v) is 6.94. The number of ether oxygens (including phenoxy) is 1. The number of dihydropyridines is 1. The summed E-state index contributed by atoms with van der Waals surface area (Å²) in [6.45, 7) is 0.0509. The van der Waals surface area contributed by atoms with Crippen molar-refractivity contribution in [1.82, 2.24) is 0 Å². The summed E-state index contributed by atoms with van der Waals surface area (Å²) in [5.41, 5.74) is 0.701. The van der Waals surface area contributed by atoms with E-state index in [1.165, 1.54) is 18.2 Å². The lowest BCUT2D eigenvalue weighted by atomic mass is 10.0. The maximum atomic E-state index is 12.1. The topological polar surface area (TPSA) is 112 Å². The zero-order valence-corrected chi connectivity index (χ0v) is 15.3. The summed E-state index contributed by atoms with van der Waals surface area (Å²) >= 11 is 6.27. The van der Waals surface area contributed by atoms with E-state index in [2.05, 4.69) is 10.1 Å². The molecular weight excluding hydrogens is 384 g/mol. The molecule has 1 saturated carbocycles. The van der Waals surface area contributed by atoms with Crippen LogP contribution in [0.3, 0.4) is 0 Å². The predicted molar refractivity (Wildman–Crippen MR) is 100 cm³/mol. The average molecular weight is 397 g/mol. The van der Waals surface area contributed by atoms with Crippen LogP contribution >= 0.6 is 11.6 Å². The van der Waals surface area contributed by atoms with Crippen LogP contribution in [0.25, 0.3) is 0 Å². The van der Waals surface area contributed by atoms with Crippen molar-refractivity contribution in [2.24, 2.45) is 16.0 Å². The number of nitriles is 1. The molecule has 0 N–H and O–H groups in total. The van der Waals surface area contributed by atoms with Gasteiger partial charge in [-0.25, -0.2) is 4.99 Å². The van der Waals surface area contributed by atoms with E-state index in [0.717, 1.165) is 23.4 Å². The first-order valence-electron chi connectivity index (χ1n) is 8.58. The molecule has 0 bridgehead atoms. The molecule has 0 atom stereocenters. The molecule has 1 aliphatic carbocycles. The average Bonchev–Trinajstić information content (AvgIpc) is 3.50. The summed E-state index contributed by atoms with van der Waals surface area (Å²) in [6.07, 6.45) is 3.22. The lowest BCUT2D eigenvalue weighted by Crippen LogP contribution is -2.36. The zero-order chi connectivity index (χ0) is 19.8. The van der Waals surface area contributed by atoms with Crippen LogP contribution in [0.5, 0.6) is 5.75 Å². The van der Waals surface area contributed by atoms with Crippen LogP contribution in [0.2, 0.25) is 5.02 Å². The summed E-state index contributed by atoms with van der Waals surface area (Å²) < 4.78 is 5.71. The number of hydrazone groups is 1.